The lowest BCUT2D eigenvalue weighted by atomic mass is 9.97. The first-order chi connectivity index (χ1) is 8.06. The Morgan fingerprint density at radius 1 is 1.29 bits per heavy atom. The first-order valence-corrected chi connectivity index (χ1v) is 6.35. The molecule has 0 saturated heterocycles. The van der Waals surface area contributed by atoms with Gasteiger partial charge in [-0.05, 0) is 43.7 Å². The minimum absolute atomic E-state index is 0.508. The lowest BCUT2D eigenvalue weighted by molar-refractivity contribution is 0.402. The largest absolute Gasteiger partial charge is 0.496 e. The molecule has 0 amide bonds. The van der Waals surface area contributed by atoms with Crippen molar-refractivity contribution in [3.63, 3.8) is 0 Å². The normalized spacial score (nSPS) is 10.5. The van der Waals surface area contributed by atoms with Crippen molar-refractivity contribution >= 4 is 0 Å². The molecule has 0 aliphatic heterocycles. The Bertz CT molecular complexity index is 385. The highest BCUT2D eigenvalue weighted by atomic mass is 16.5. The van der Waals surface area contributed by atoms with Crippen molar-refractivity contribution in [1.29, 1.82) is 0 Å². The topological polar surface area (TPSA) is 9.23 Å². The minimum atomic E-state index is 0.508. The van der Waals surface area contributed by atoms with E-state index in [4.69, 9.17) is 4.74 Å². The summed E-state index contributed by atoms with van der Waals surface area (Å²) < 4.78 is 5.57. The number of aryl methyl sites for hydroxylation is 1. The third kappa shape index (κ3) is 3.92. The smallest absolute Gasteiger partial charge is 0.125 e. The van der Waals surface area contributed by atoms with Crippen LogP contribution in [0.3, 0.4) is 0 Å². The maximum absolute atomic E-state index is 5.57. The second-order valence-corrected chi connectivity index (χ2v) is 5.01. The summed E-state index contributed by atoms with van der Waals surface area (Å²) in [4.78, 5) is 0. The molecule has 94 valence electrons. The lowest BCUT2D eigenvalue weighted by Gasteiger charge is -2.15. The molecule has 0 unspecified atom stereocenters. The molecule has 1 heteroatoms. The Morgan fingerprint density at radius 3 is 2.53 bits per heavy atom. The van der Waals surface area contributed by atoms with Crippen molar-refractivity contribution in [3.8, 4) is 5.75 Å². The van der Waals surface area contributed by atoms with E-state index in [-0.39, 0.29) is 0 Å². The van der Waals surface area contributed by atoms with Gasteiger partial charge in [0.15, 0.2) is 0 Å². The van der Waals surface area contributed by atoms with E-state index in [1.807, 2.05) is 0 Å². The summed E-state index contributed by atoms with van der Waals surface area (Å²) in [6.45, 7) is 8.69. The van der Waals surface area contributed by atoms with Crippen molar-refractivity contribution in [1.82, 2.24) is 0 Å². The molecule has 0 bridgehead atoms. The van der Waals surface area contributed by atoms with Crippen LogP contribution < -0.4 is 4.74 Å². The number of rotatable bonds is 5. The molecular weight excluding hydrogens is 208 g/mol. The van der Waals surface area contributed by atoms with Crippen molar-refractivity contribution < 1.29 is 4.74 Å². The maximum Gasteiger partial charge on any atom is 0.125 e. The molecule has 0 aliphatic carbocycles. The second kappa shape index (κ2) is 6.48. The average Bonchev–Trinajstić information content (AvgIpc) is 2.28. The zero-order valence-electron chi connectivity index (χ0n) is 11.7. The molecule has 0 heterocycles. The molecule has 0 saturated carbocycles. The van der Waals surface area contributed by atoms with E-state index in [9.17, 15) is 0 Å². The highest BCUT2D eigenvalue weighted by Gasteiger charge is 2.10. The fraction of sp³-hybridized carbons (Fsp3) is 0.500. The fourth-order valence-electron chi connectivity index (χ4n) is 2.02. The van der Waals surface area contributed by atoms with Gasteiger partial charge >= 0.3 is 0 Å². The third-order valence-corrected chi connectivity index (χ3v) is 2.92. The minimum Gasteiger partial charge on any atom is -0.496 e. The van der Waals surface area contributed by atoms with Gasteiger partial charge in [0.25, 0.3) is 0 Å². The summed E-state index contributed by atoms with van der Waals surface area (Å²) in [6, 6.07) is 6.47. The summed E-state index contributed by atoms with van der Waals surface area (Å²) in [5, 5.41) is 0. The van der Waals surface area contributed by atoms with E-state index < -0.39 is 0 Å². The zero-order chi connectivity index (χ0) is 12.8. The van der Waals surface area contributed by atoms with Crippen molar-refractivity contribution in [2.24, 2.45) is 0 Å². The van der Waals surface area contributed by atoms with Gasteiger partial charge in [0.1, 0.15) is 5.75 Å². The summed E-state index contributed by atoms with van der Waals surface area (Å²) in [5.41, 5.74) is 4.00. The monoisotopic (exact) mass is 232 g/mol. The molecule has 1 nitrogen and oxygen atoms in total. The predicted octanol–water partition coefficient (Wildman–Crippen LogP) is 4.72. The molecule has 0 spiro atoms. The number of methoxy groups -OCH3 is 1. The summed E-state index contributed by atoms with van der Waals surface area (Å²) in [5.74, 6) is 1.58. The van der Waals surface area contributed by atoms with Gasteiger partial charge < -0.3 is 4.74 Å². The molecule has 0 aromatic heterocycles. The van der Waals surface area contributed by atoms with Crippen LogP contribution in [0.4, 0.5) is 0 Å². The van der Waals surface area contributed by atoms with Crippen molar-refractivity contribution in [3.05, 3.63) is 41.0 Å². The van der Waals surface area contributed by atoms with Gasteiger partial charge in [0, 0.05) is 0 Å². The van der Waals surface area contributed by atoms with Crippen LogP contribution >= 0.6 is 0 Å². The van der Waals surface area contributed by atoms with Crippen LogP contribution in [0.2, 0.25) is 0 Å². The molecular formula is C16H24O. The molecule has 0 aliphatic rings. The van der Waals surface area contributed by atoms with Gasteiger partial charge in [0.2, 0.25) is 0 Å². The Balaban J connectivity index is 2.91. The molecule has 0 fully saturated rings. The Labute approximate surface area is 106 Å². The average molecular weight is 232 g/mol. The molecule has 17 heavy (non-hydrogen) atoms. The Hall–Kier alpha value is -1.24. The van der Waals surface area contributed by atoms with Gasteiger partial charge in [0.05, 0.1) is 7.11 Å². The first-order valence-electron chi connectivity index (χ1n) is 6.35. The quantitative estimate of drug-likeness (QED) is 0.668. The van der Waals surface area contributed by atoms with E-state index in [2.05, 4.69) is 52.0 Å². The van der Waals surface area contributed by atoms with E-state index in [0.717, 1.165) is 18.6 Å². The van der Waals surface area contributed by atoms with Crippen molar-refractivity contribution in [2.75, 3.05) is 7.11 Å². The van der Waals surface area contributed by atoms with Crippen LogP contribution in [-0.4, -0.2) is 7.11 Å². The molecule has 1 rings (SSSR count). The maximum atomic E-state index is 5.57. The van der Waals surface area contributed by atoms with Crippen LogP contribution in [0.5, 0.6) is 5.75 Å². The standard InChI is InChI=1S/C16H24O/c1-12(2)8-6-9-14-10-7-11-15(13(3)4)16(14)17-5/h7-8,10-11,13H,6,9H2,1-5H3. The summed E-state index contributed by atoms with van der Waals surface area (Å²) in [7, 11) is 1.77. The van der Waals surface area contributed by atoms with Gasteiger partial charge in [-0.1, -0.05) is 43.7 Å². The van der Waals surface area contributed by atoms with Crippen LogP contribution in [0.25, 0.3) is 0 Å². The molecule has 1 aromatic carbocycles. The van der Waals surface area contributed by atoms with E-state index in [1.165, 1.54) is 16.7 Å². The van der Waals surface area contributed by atoms with Crippen molar-refractivity contribution in [2.45, 2.75) is 46.5 Å². The van der Waals surface area contributed by atoms with Crippen LogP contribution in [0.1, 0.15) is 51.2 Å². The highest BCUT2D eigenvalue weighted by molar-refractivity contribution is 5.43. The fourth-order valence-corrected chi connectivity index (χ4v) is 2.02. The number of benzene rings is 1. The van der Waals surface area contributed by atoms with E-state index in [0.29, 0.717) is 5.92 Å². The summed E-state index contributed by atoms with van der Waals surface area (Å²) in [6.07, 6.45) is 4.41. The molecule has 1 aromatic rings. The number of ether oxygens (including phenoxy) is 1. The van der Waals surface area contributed by atoms with E-state index >= 15 is 0 Å². The van der Waals surface area contributed by atoms with Gasteiger partial charge in [-0.25, -0.2) is 0 Å². The molecule has 0 radical (unpaired) electrons. The second-order valence-electron chi connectivity index (χ2n) is 5.01. The number of para-hydroxylation sites is 1. The Kier molecular flexibility index (Phi) is 5.27. The predicted molar refractivity (Wildman–Crippen MR) is 74.8 cm³/mol. The third-order valence-electron chi connectivity index (χ3n) is 2.92. The first kappa shape index (κ1) is 13.8. The number of hydrogen-bond acceptors (Lipinski definition) is 1. The Morgan fingerprint density at radius 2 is 2.00 bits per heavy atom. The highest BCUT2D eigenvalue weighted by Crippen LogP contribution is 2.30. The van der Waals surface area contributed by atoms with E-state index in [1.54, 1.807) is 7.11 Å². The van der Waals surface area contributed by atoms with Crippen LogP contribution in [0, 0.1) is 0 Å². The number of hydrogen-bond donors (Lipinski definition) is 0. The number of allylic oxidation sites excluding steroid dienone is 2. The SMILES string of the molecule is COc1c(CCC=C(C)C)cccc1C(C)C. The van der Waals surface area contributed by atoms with Gasteiger partial charge in [-0.2, -0.15) is 0 Å². The lowest BCUT2D eigenvalue weighted by Crippen LogP contribution is -1.99. The van der Waals surface area contributed by atoms with Crippen LogP contribution in [-0.2, 0) is 6.42 Å². The van der Waals surface area contributed by atoms with Crippen LogP contribution in [0.15, 0.2) is 29.8 Å². The summed E-state index contributed by atoms with van der Waals surface area (Å²) >= 11 is 0. The van der Waals surface area contributed by atoms with Gasteiger partial charge in [-0.15, -0.1) is 0 Å². The molecule has 0 atom stereocenters. The zero-order valence-corrected chi connectivity index (χ0v) is 11.7. The van der Waals surface area contributed by atoms with Gasteiger partial charge in [-0.3, -0.25) is 0 Å². The molecule has 0 N–H and O–H groups in total.